The maximum Gasteiger partial charge on any atom is 0.243 e. The number of aromatic nitrogens is 1. The fourth-order valence-corrected chi connectivity index (χ4v) is 3.40. The zero-order valence-electron chi connectivity index (χ0n) is 14.9. The summed E-state index contributed by atoms with van der Waals surface area (Å²) in [5.41, 5.74) is 3.67. The fraction of sp³-hybridized carbons (Fsp3) is 0.316. The van der Waals surface area contributed by atoms with Crippen LogP contribution in [0.15, 0.2) is 30.9 Å². The molecular formula is C19H22N4O3. The average molecular weight is 354 g/mol. The van der Waals surface area contributed by atoms with Crippen molar-refractivity contribution in [3.8, 4) is 0 Å². The van der Waals surface area contributed by atoms with Crippen molar-refractivity contribution in [1.82, 2.24) is 20.1 Å². The molecule has 3 amide bonds. The van der Waals surface area contributed by atoms with Gasteiger partial charge in [0.1, 0.15) is 0 Å². The van der Waals surface area contributed by atoms with E-state index in [-0.39, 0.29) is 11.8 Å². The second-order valence-electron chi connectivity index (χ2n) is 6.64. The molecule has 7 heteroatoms. The molecule has 3 rings (SSSR count). The monoisotopic (exact) mass is 354 g/mol. The minimum absolute atomic E-state index is 0.0379. The molecule has 26 heavy (non-hydrogen) atoms. The molecule has 7 nitrogen and oxygen atoms in total. The number of nitrogens with zero attached hydrogens (tertiary/aromatic N) is 2. The number of benzene rings is 1. The Kier molecular flexibility index (Phi) is 4.79. The SMILES string of the molecule is C=CC(=O)NCc1ccc2[nH]c3c(c2c1)C(C(=O)N(C)C)CN(C=O)C3. The van der Waals surface area contributed by atoms with Crippen LogP contribution in [0.25, 0.3) is 10.9 Å². The molecule has 136 valence electrons. The van der Waals surface area contributed by atoms with E-state index in [9.17, 15) is 14.4 Å². The van der Waals surface area contributed by atoms with Crippen molar-refractivity contribution in [2.24, 2.45) is 0 Å². The normalized spacial score (nSPS) is 16.1. The lowest BCUT2D eigenvalue weighted by molar-refractivity contribution is -0.132. The number of rotatable bonds is 5. The minimum atomic E-state index is -0.411. The molecule has 1 aromatic carbocycles. The van der Waals surface area contributed by atoms with Crippen LogP contribution in [-0.4, -0.2) is 53.6 Å². The van der Waals surface area contributed by atoms with Gasteiger partial charge in [0.2, 0.25) is 18.2 Å². The van der Waals surface area contributed by atoms with Gasteiger partial charge >= 0.3 is 0 Å². The predicted molar refractivity (Wildman–Crippen MR) is 98.3 cm³/mol. The van der Waals surface area contributed by atoms with Gasteiger partial charge in [-0.15, -0.1) is 0 Å². The van der Waals surface area contributed by atoms with Gasteiger partial charge in [0.25, 0.3) is 0 Å². The third-order valence-electron chi connectivity index (χ3n) is 4.65. The van der Waals surface area contributed by atoms with Crippen LogP contribution < -0.4 is 5.32 Å². The van der Waals surface area contributed by atoms with E-state index in [1.54, 1.807) is 23.9 Å². The summed E-state index contributed by atoms with van der Waals surface area (Å²) < 4.78 is 0. The highest BCUT2D eigenvalue weighted by Gasteiger charge is 2.34. The number of carbonyl (C=O) groups is 3. The van der Waals surface area contributed by atoms with Crippen LogP contribution in [0, 0.1) is 0 Å². The summed E-state index contributed by atoms with van der Waals surface area (Å²) >= 11 is 0. The zero-order valence-corrected chi connectivity index (χ0v) is 14.9. The summed E-state index contributed by atoms with van der Waals surface area (Å²) in [7, 11) is 3.43. The van der Waals surface area contributed by atoms with E-state index in [0.717, 1.165) is 34.1 Å². The molecule has 1 aliphatic rings. The Balaban J connectivity index is 2.04. The first-order chi connectivity index (χ1) is 12.4. The van der Waals surface area contributed by atoms with Crippen molar-refractivity contribution < 1.29 is 14.4 Å². The van der Waals surface area contributed by atoms with E-state index in [0.29, 0.717) is 19.6 Å². The molecule has 1 aliphatic heterocycles. The first-order valence-corrected chi connectivity index (χ1v) is 8.38. The van der Waals surface area contributed by atoms with E-state index >= 15 is 0 Å². The number of hydrogen-bond acceptors (Lipinski definition) is 3. The molecule has 1 unspecified atom stereocenters. The summed E-state index contributed by atoms with van der Waals surface area (Å²) in [4.78, 5) is 41.9. The Hall–Kier alpha value is -3.09. The van der Waals surface area contributed by atoms with E-state index in [1.165, 1.54) is 6.08 Å². The van der Waals surface area contributed by atoms with Gasteiger partial charge in [0.05, 0.1) is 12.5 Å². The highest BCUT2D eigenvalue weighted by Crippen LogP contribution is 2.35. The highest BCUT2D eigenvalue weighted by atomic mass is 16.2. The maximum absolute atomic E-state index is 12.7. The van der Waals surface area contributed by atoms with Gasteiger partial charge in [-0.05, 0) is 29.3 Å². The standard InChI is InChI=1S/C19H22N4O3/c1-4-17(25)20-8-12-5-6-15-13(7-12)18-14(19(26)22(2)3)9-23(11-24)10-16(18)21-15/h4-7,11,14,21H,1,8-10H2,2-3H3,(H,20,25). The Morgan fingerprint density at radius 3 is 2.85 bits per heavy atom. The molecule has 2 heterocycles. The molecule has 1 aromatic heterocycles. The molecule has 0 spiro atoms. The van der Waals surface area contributed by atoms with Crippen LogP contribution in [0.1, 0.15) is 22.7 Å². The van der Waals surface area contributed by atoms with Crippen LogP contribution >= 0.6 is 0 Å². The molecular weight excluding hydrogens is 332 g/mol. The number of carbonyl (C=O) groups excluding carboxylic acids is 3. The van der Waals surface area contributed by atoms with Gasteiger partial charge in [-0.25, -0.2) is 0 Å². The van der Waals surface area contributed by atoms with Crippen molar-refractivity contribution in [2.45, 2.75) is 19.0 Å². The van der Waals surface area contributed by atoms with Gasteiger partial charge < -0.3 is 20.1 Å². The van der Waals surface area contributed by atoms with Crippen LogP contribution in [0.3, 0.4) is 0 Å². The van der Waals surface area contributed by atoms with Gasteiger partial charge in [-0.1, -0.05) is 12.6 Å². The van der Waals surface area contributed by atoms with E-state index in [4.69, 9.17) is 0 Å². The third-order valence-corrected chi connectivity index (χ3v) is 4.65. The molecule has 0 radical (unpaired) electrons. The Bertz CT molecular complexity index is 884. The number of fused-ring (bicyclic) bond motifs is 3. The van der Waals surface area contributed by atoms with Crippen LogP contribution in [0.2, 0.25) is 0 Å². The first-order valence-electron chi connectivity index (χ1n) is 8.38. The molecule has 1 atom stereocenters. The molecule has 2 aromatic rings. The summed E-state index contributed by atoms with van der Waals surface area (Å²) in [5.74, 6) is -0.682. The number of amides is 3. The topological polar surface area (TPSA) is 85.5 Å². The number of aromatic amines is 1. The minimum Gasteiger partial charge on any atom is -0.357 e. The Morgan fingerprint density at radius 1 is 1.42 bits per heavy atom. The van der Waals surface area contributed by atoms with Crippen LogP contribution in [-0.2, 0) is 27.5 Å². The lowest BCUT2D eigenvalue weighted by Crippen LogP contribution is -2.40. The quantitative estimate of drug-likeness (QED) is 0.623. The summed E-state index contributed by atoms with van der Waals surface area (Å²) in [5, 5.41) is 3.71. The second-order valence-corrected chi connectivity index (χ2v) is 6.64. The van der Waals surface area contributed by atoms with Gasteiger partial charge in [0.15, 0.2) is 0 Å². The second kappa shape index (κ2) is 7.03. The van der Waals surface area contributed by atoms with Gasteiger partial charge in [0, 0.05) is 43.8 Å². The molecule has 0 aliphatic carbocycles. The molecule has 0 fully saturated rings. The number of H-pyrrole nitrogens is 1. The molecule has 0 saturated carbocycles. The molecule has 2 N–H and O–H groups in total. The van der Waals surface area contributed by atoms with Gasteiger partial charge in [-0.3, -0.25) is 14.4 Å². The largest absolute Gasteiger partial charge is 0.357 e. The average Bonchev–Trinajstić information content (AvgIpc) is 3.02. The van der Waals surface area contributed by atoms with Crippen LogP contribution in [0.5, 0.6) is 0 Å². The van der Waals surface area contributed by atoms with E-state index in [1.807, 2.05) is 18.2 Å². The molecule has 0 saturated heterocycles. The summed E-state index contributed by atoms with van der Waals surface area (Å²) in [6.07, 6.45) is 2.01. The first kappa shape index (κ1) is 17.7. The predicted octanol–water partition coefficient (Wildman–Crippen LogP) is 1.11. The highest BCUT2D eigenvalue weighted by molar-refractivity contribution is 5.94. The van der Waals surface area contributed by atoms with E-state index in [2.05, 4.69) is 16.9 Å². The molecule has 0 bridgehead atoms. The summed E-state index contributed by atoms with van der Waals surface area (Å²) in [6.45, 7) is 4.63. The Labute approximate surface area is 151 Å². The number of nitrogens with one attached hydrogen (secondary N) is 2. The van der Waals surface area contributed by atoms with Crippen molar-refractivity contribution in [3.63, 3.8) is 0 Å². The van der Waals surface area contributed by atoms with Crippen molar-refractivity contribution in [3.05, 3.63) is 47.7 Å². The smallest absolute Gasteiger partial charge is 0.243 e. The third kappa shape index (κ3) is 3.20. The summed E-state index contributed by atoms with van der Waals surface area (Å²) in [6, 6.07) is 5.85. The maximum atomic E-state index is 12.7. The Morgan fingerprint density at radius 2 is 2.19 bits per heavy atom. The zero-order chi connectivity index (χ0) is 18.8. The van der Waals surface area contributed by atoms with Crippen molar-refractivity contribution >= 4 is 29.1 Å². The van der Waals surface area contributed by atoms with Crippen LogP contribution in [0.4, 0.5) is 0 Å². The van der Waals surface area contributed by atoms with Crippen molar-refractivity contribution in [2.75, 3.05) is 20.6 Å². The number of hydrogen-bond donors (Lipinski definition) is 2. The fourth-order valence-electron chi connectivity index (χ4n) is 3.40. The van der Waals surface area contributed by atoms with Crippen molar-refractivity contribution in [1.29, 1.82) is 0 Å². The number of likely N-dealkylation sites (N-methyl/N-ethyl adjacent to an activating group) is 1. The lowest BCUT2D eigenvalue weighted by Gasteiger charge is -2.31. The lowest BCUT2D eigenvalue weighted by atomic mass is 9.90. The van der Waals surface area contributed by atoms with Gasteiger partial charge in [-0.2, -0.15) is 0 Å². The van der Waals surface area contributed by atoms with E-state index < -0.39 is 5.92 Å².